The van der Waals surface area contributed by atoms with Crippen molar-refractivity contribution in [2.75, 3.05) is 20.2 Å². The lowest BCUT2D eigenvalue weighted by Crippen LogP contribution is -2.28. The predicted molar refractivity (Wildman–Crippen MR) is 108 cm³/mol. The van der Waals surface area contributed by atoms with Crippen molar-refractivity contribution in [3.8, 4) is 23.6 Å². The first-order chi connectivity index (χ1) is 14.2. The molecule has 0 radical (unpaired) electrons. The van der Waals surface area contributed by atoms with Gasteiger partial charge in [0.2, 0.25) is 0 Å². The largest absolute Gasteiger partial charge is 0.493 e. The molecule has 146 valence electrons. The van der Waals surface area contributed by atoms with Crippen LogP contribution in [0.3, 0.4) is 0 Å². The predicted octanol–water partition coefficient (Wildman–Crippen LogP) is 3.68. The number of hydrogen-bond donors (Lipinski definition) is 0. The number of rotatable bonds is 6. The van der Waals surface area contributed by atoms with Gasteiger partial charge in [0.15, 0.2) is 11.5 Å². The van der Waals surface area contributed by atoms with Crippen molar-refractivity contribution in [3.63, 3.8) is 0 Å². The van der Waals surface area contributed by atoms with E-state index in [1.54, 1.807) is 41.3 Å². The monoisotopic (exact) mass is 387 g/mol. The maximum Gasteiger partial charge on any atom is 0.264 e. The molecule has 0 spiro atoms. The van der Waals surface area contributed by atoms with Crippen LogP contribution in [0, 0.1) is 22.7 Å². The fourth-order valence-electron chi connectivity index (χ4n) is 3.20. The summed E-state index contributed by atoms with van der Waals surface area (Å²) in [5.74, 6) is 0.762. The summed E-state index contributed by atoms with van der Waals surface area (Å²) >= 11 is 0. The van der Waals surface area contributed by atoms with Crippen LogP contribution in [-0.2, 0) is 11.4 Å². The van der Waals surface area contributed by atoms with Crippen molar-refractivity contribution < 1.29 is 14.3 Å². The quantitative estimate of drug-likeness (QED) is 0.557. The van der Waals surface area contributed by atoms with Gasteiger partial charge in [0.25, 0.3) is 5.91 Å². The fourth-order valence-corrected chi connectivity index (χ4v) is 3.20. The summed E-state index contributed by atoms with van der Waals surface area (Å²) in [6.45, 7) is 1.61. The summed E-state index contributed by atoms with van der Waals surface area (Å²) in [7, 11) is 1.53. The second-order valence-corrected chi connectivity index (χ2v) is 6.64. The molecule has 6 heteroatoms. The van der Waals surface area contributed by atoms with Gasteiger partial charge in [-0.05, 0) is 42.7 Å². The highest BCUT2D eigenvalue weighted by atomic mass is 16.5. The third-order valence-corrected chi connectivity index (χ3v) is 4.76. The van der Waals surface area contributed by atoms with Gasteiger partial charge < -0.3 is 14.4 Å². The molecule has 0 saturated carbocycles. The molecule has 1 saturated heterocycles. The van der Waals surface area contributed by atoms with Gasteiger partial charge in [-0.2, -0.15) is 10.5 Å². The number of carbonyl (C=O) groups excluding carboxylic acids is 1. The van der Waals surface area contributed by atoms with E-state index < -0.39 is 0 Å². The van der Waals surface area contributed by atoms with Crippen molar-refractivity contribution in [2.45, 2.75) is 19.4 Å². The lowest BCUT2D eigenvalue weighted by Gasteiger charge is -2.14. The molecule has 0 atom stereocenters. The molecule has 1 aliphatic heterocycles. The highest BCUT2D eigenvalue weighted by Crippen LogP contribution is 2.30. The minimum Gasteiger partial charge on any atom is -0.493 e. The summed E-state index contributed by atoms with van der Waals surface area (Å²) < 4.78 is 11.2. The van der Waals surface area contributed by atoms with E-state index in [4.69, 9.17) is 9.47 Å². The molecule has 2 aromatic carbocycles. The Morgan fingerprint density at radius 1 is 1.14 bits per heavy atom. The molecule has 0 aromatic heterocycles. The second kappa shape index (κ2) is 9.43. The minimum atomic E-state index is -0.239. The van der Waals surface area contributed by atoms with E-state index in [-0.39, 0.29) is 18.1 Å². The number of ether oxygens (including phenoxy) is 2. The Morgan fingerprint density at radius 3 is 2.59 bits per heavy atom. The molecule has 29 heavy (non-hydrogen) atoms. The van der Waals surface area contributed by atoms with Crippen LogP contribution in [0.4, 0.5) is 0 Å². The molecule has 0 aliphatic carbocycles. The number of benzene rings is 2. The van der Waals surface area contributed by atoms with E-state index in [9.17, 15) is 15.3 Å². The van der Waals surface area contributed by atoms with Gasteiger partial charge in [-0.15, -0.1) is 0 Å². The molecule has 1 heterocycles. The first kappa shape index (κ1) is 20.0. The van der Waals surface area contributed by atoms with Gasteiger partial charge in [0.05, 0.1) is 18.7 Å². The Labute approximate surface area is 170 Å². The highest BCUT2D eigenvalue weighted by Gasteiger charge is 2.21. The topological polar surface area (TPSA) is 86.3 Å². The van der Waals surface area contributed by atoms with Crippen LogP contribution in [0.1, 0.15) is 29.5 Å². The molecule has 0 N–H and O–H groups in total. The van der Waals surface area contributed by atoms with Crippen LogP contribution >= 0.6 is 0 Å². The molecule has 0 unspecified atom stereocenters. The number of likely N-dealkylation sites (tertiary alicyclic amines) is 1. The summed E-state index contributed by atoms with van der Waals surface area (Å²) in [6.07, 6.45) is 3.51. The van der Waals surface area contributed by atoms with Gasteiger partial charge >= 0.3 is 0 Å². The van der Waals surface area contributed by atoms with Crippen LogP contribution in [0.15, 0.2) is 48.0 Å². The Kier molecular flexibility index (Phi) is 6.50. The number of nitrogens with zero attached hydrogens (tertiary/aromatic N) is 3. The average Bonchev–Trinajstić information content (AvgIpc) is 3.31. The molecular weight excluding hydrogens is 366 g/mol. The summed E-state index contributed by atoms with van der Waals surface area (Å²) in [6, 6.07) is 16.6. The number of nitriles is 2. The molecule has 2 aromatic rings. The van der Waals surface area contributed by atoms with Crippen LogP contribution in [0.5, 0.6) is 11.5 Å². The Morgan fingerprint density at radius 2 is 1.90 bits per heavy atom. The molecule has 6 nitrogen and oxygen atoms in total. The molecule has 1 aliphatic rings. The number of amides is 1. The molecular formula is C23H21N3O3. The summed E-state index contributed by atoms with van der Waals surface area (Å²) in [4.78, 5) is 14.2. The number of hydrogen-bond acceptors (Lipinski definition) is 5. The lowest BCUT2D eigenvalue weighted by atomic mass is 10.1. The van der Waals surface area contributed by atoms with E-state index in [1.165, 1.54) is 7.11 Å². The van der Waals surface area contributed by atoms with Gasteiger partial charge in [0, 0.05) is 18.7 Å². The summed E-state index contributed by atoms with van der Waals surface area (Å²) in [5, 5.41) is 18.6. The van der Waals surface area contributed by atoms with Crippen molar-refractivity contribution in [1.29, 1.82) is 10.5 Å². The smallest absolute Gasteiger partial charge is 0.264 e. The normalized spacial score (nSPS) is 13.5. The lowest BCUT2D eigenvalue weighted by molar-refractivity contribution is -0.125. The minimum absolute atomic E-state index is 0.102. The maximum atomic E-state index is 12.5. The Balaban J connectivity index is 1.78. The van der Waals surface area contributed by atoms with Crippen LogP contribution in [0.25, 0.3) is 6.08 Å². The molecule has 3 rings (SSSR count). The van der Waals surface area contributed by atoms with Gasteiger partial charge in [-0.1, -0.05) is 24.3 Å². The zero-order valence-electron chi connectivity index (χ0n) is 16.2. The SMILES string of the molecule is COc1cc(/C=C(\C#N)C(=O)N2CCCC2)ccc1OCc1ccccc1C#N. The maximum absolute atomic E-state index is 12.5. The number of methoxy groups -OCH3 is 1. The van der Waals surface area contributed by atoms with Crippen LogP contribution in [-0.4, -0.2) is 31.0 Å². The van der Waals surface area contributed by atoms with E-state index in [0.29, 0.717) is 35.7 Å². The fraction of sp³-hybridized carbons (Fsp3) is 0.261. The van der Waals surface area contributed by atoms with E-state index >= 15 is 0 Å². The van der Waals surface area contributed by atoms with Crippen molar-refractivity contribution in [2.24, 2.45) is 0 Å². The third-order valence-electron chi connectivity index (χ3n) is 4.76. The Bertz CT molecular complexity index is 1010. The standard InChI is InChI=1S/C23H21N3O3/c1-28-22-13-17(12-20(15-25)23(27)26-10-4-5-11-26)8-9-21(22)29-16-19-7-3-2-6-18(19)14-24/h2-3,6-9,12-13H,4-5,10-11,16H2,1H3/b20-12+. The number of carbonyl (C=O) groups is 1. The molecule has 1 fully saturated rings. The van der Waals surface area contributed by atoms with Crippen LogP contribution < -0.4 is 9.47 Å². The van der Waals surface area contributed by atoms with E-state index in [0.717, 1.165) is 18.4 Å². The zero-order chi connectivity index (χ0) is 20.6. The second-order valence-electron chi connectivity index (χ2n) is 6.64. The first-order valence-electron chi connectivity index (χ1n) is 9.36. The summed E-state index contributed by atoms with van der Waals surface area (Å²) in [5.41, 5.74) is 2.12. The average molecular weight is 387 g/mol. The van der Waals surface area contributed by atoms with Crippen molar-refractivity contribution in [1.82, 2.24) is 4.90 Å². The molecule has 1 amide bonds. The van der Waals surface area contributed by atoms with Gasteiger partial charge in [0.1, 0.15) is 18.2 Å². The van der Waals surface area contributed by atoms with E-state index in [2.05, 4.69) is 6.07 Å². The van der Waals surface area contributed by atoms with Gasteiger partial charge in [-0.25, -0.2) is 0 Å². The van der Waals surface area contributed by atoms with Crippen molar-refractivity contribution >= 4 is 12.0 Å². The van der Waals surface area contributed by atoms with E-state index in [1.807, 2.05) is 18.2 Å². The highest BCUT2D eigenvalue weighted by molar-refractivity contribution is 6.01. The first-order valence-corrected chi connectivity index (χ1v) is 9.36. The van der Waals surface area contributed by atoms with Gasteiger partial charge in [-0.3, -0.25) is 4.79 Å². The zero-order valence-corrected chi connectivity index (χ0v) is 16.2. The van der Waals surface area contributed by atoms with Crippen molar-refractivity contribution in [3.05, 3.63) is 64.7 Å². The third kappa shape index (κ3) is 4.75. The van der Waals surface area contributed by atoms with Crippen LogP contribution in [0.2, 0.25) is 0 Å². The molecule has 0 bridgehead atoms. The Hall–Kier alpha value is -3.77.